The predicted octanol–water partition coefficient (Wildman–Crippen LogP) is 3.04. The minimum absolute atomic E-state index is 0.0512. The van der Waals surface area contributed by atoms with E-state index < -0.39 is 0 Å². The Hall–Kier alpha value is -1.92. The van der Waals surface area contributed by atoms with Crippen molar-refractivity contribution < 1.29 is 9.53 Å². The Morgan fingerprint density at radius 2 is 2.20 bits per heavy atom. The van der Waals surface area contributed by atoms with Crippen molar-refractivity contribution in [1.82, 2.24) is 14.5 Å². The van der Waals surface area contributed by atoms with Gasteiger partial charge in [0, 0.05) is 42.8 Å². The van der Waals surface area contributed by atoms with Crippen LogP contribution in [0.2, 0.25) is 0 Å². The van der Waals surface area contributed by atoms with Gasteiger partial charge in [0.1, 0.15) is 0 Å². The van der Waals surface area contributed by atoms with E-state index >= 15 is 0 Å². The van der Waals surface area contributed by atoms with Crippen LogP contribution in [0.3, 0.4) is 0 Å². The van der Waals surface area contributed by atoms with E-state index in [1.807, 2.05) is 41.0 Å². The first kappa shape index (κ1) is 16.5. The van der Waals surface area contributed by atoms with Crippen LogP contribution in [0.25, 0.3) is 6.08 Å². The van der Waals surface area contributed by atoms with Crippen molar-refractivity contribution in [1.29, 1.82) is 0 Å². The molecule has 5 nitrogen and oxygen atoms in total. The molecule has 0 aromatic carbocycles. The van der Waals surface area contributed by atoms with E-state index in [1.165, 1.54) is 12.8 Å². The van der Waals surface area contributed by atoms with Gasteiger partial charge in [-0.05, 0) is 36.3 Å². The third-order valence-corrected chi connectivity index (χ3v) is 5.57. The fourth-order valence-corrected chi connectivity index (χ4v) is 3.77. The summed E-state index contributed by atoms with van der Waals surface area (Å²) in [5.41, 5.74) is 1.09. The van der Waals surface area contributed by atoms with Gasteiger partial charge >= 0.3 is 0 Å². The summed E-state index contributed by atoms with van der Waals surface area (Å²) in [4.78, 5) is 19.9. The molecule has 132 valence electrons. The molecule has 1 fully saturated rings. The van der Waals surface area contributed by atoms with E-state index in [0.29, 0.717) is 19.1 Å². The Balaban J connectivity index is 1.43. The van der Waals surface area contributed by atoms with Crippen LogP contribution in [0.1, 0.15) is 23.4 Å². The molecule has 0 spiro atoms. The number of aromatic nitrogens is 2. The number of hydrogen-bond donors (Lipinski definition) is 0. The van der Waals surface area contributed by atoms with E-state index in [1.54, 1.807) is 17.4 Å². The molecule has 2 aromatic rings. The number of rotatable bonds is 6. The number of amides is 1. The molecule has 4 rings (SSSR count). The summed E-state index contributed by atoms with van der Waals surface area (Å²) in [6, 6.07) is 4.01. The predicted molar refractivity (Wildman–Crippen MR) is 98.0 cm³/mol. The van der Waals surface area contributed by atoms with Crippen molar-refractivity contribution in [3.05, 3.63) is 46.7 Å². The van der Waals surface area contributed by atoms with E-state index in [-0.39, 0.29) is 5.91 Å². The quantitative estimate of drug-likeness (QED) is 0.747. The Bertz CT molecular complexity index is 734. The summed E-state index contributed by atoms with van der Waals surface area (Å²) in [6.45, 7) is 3.75. The van der Waals surface area contributed by atoms with Gasteiger partial charge in [0.05, 0.1) is 25.2 Å². The topological polar surface area (TPSA) is 47.4 Å². The maximum Gasteiger partial charge on any atom is 0.246 e. The molecule has 6 heteroatoms. The molecule has 0 saturated heterocycles. The number of carbonyl (C=O) groups is 1. The van der Waals surface area contributed by atoms with Crippen molar-refractivity contribution in [3.63, 3.8) is 0 Å². The third-order valence-electron chi connectivity index (χ3n) is 4.73. The van der Waals surface area contributed by atoms with Crippen LogP contribution in [0.5, 0.6) is 0 Å². The molecule has 1 aliphatic carbocycles. The molecule has 0 radical (unpaired) electrons. The number of ether oxygens (including phenoxy) is 1. The summed E-state index contributed by atoms with van der Waals surface area (Å²) in [6.07, 6.45) is 9.89. The van der Waals surface area contributed by atoms with Gasteiger partial charge in [-0.2, -0.15) is 0 Å². The molecular weight excluding hydrogens is 334 g/mol. The Labute approximate surface area is 151 Å². The normalized spacial score (nSPS) is 20.6. The SMILES string of the molecule is O=C(/C=C/c1cccs1)N1Cc2cncn2CC(COCC2CC2)C1. The van der Waals surface area contributed by atoms with Crippen molar-refractivity contribution >= 4 is 23.3 Å². The molecular formula is C19H23N3O2S. The van der Waals surface area contributed by atoms with Crippen LogP contribution < -0.4 is 0 Å². The van der Waals surface area contributed by atoms with Gasteiger partial charge in [-0.25, -0.2) is 4.98 Å². The van der Waals surface area contributed by atoms with E-state index in [0.717, 1.165) is 36.2 Å². The highest BCUT2D eigenvalue weighted by atomic mass is 32.1. The van der Waals surface area contributed by atoms with Crippen LogP contribution in [0, 0.1) is 11.8 Å². The maximum absolute atomic E-state index is 12.7. The van der Waals surface area contributed by atoms with Gasteiger partial charge in [-0.15, -0.1) is 11.3 Å². The van der Waals surface area contributed by atoms with Crippen molar-refractivity contribution in [2.24, 2.45) is 11.8 Å². The van der Waals surface area contributed by atoms with Crippen LogP contribution in [0.15, 0.2) is 36.1 Å². The Morgan fingerprint density at radius 1 is 1.32 bits per heavy atom. The van der Waals surface area contributed by atoms with Crippen LogP contribution in [-0.2, 0) is 22.6 Å². The standard InChI is InChI=1S/C19H23N3O2S/c23-19(6-5-18-2-1-7-25-18)21-9-16(13-24-12-15-3-4-15)10-22-14-20-8-17(22)11-21/h1-2,5-8,14-16H,3-4,9-13H2/b6-5+. The lowest BCUT2D eigenvalue weighted by Gasteiger charge is -2.23. The van der Waals surface area contributed by atoms with Gasteiger partial charge in [-0.3, -0.25) is 4.79 Å². The van der Waals surface area contributed by atoms with Gasteiger partial charge in [0.15, 0.2) is 0 Å². The molecule has 1 amide bonds. The lowest BCUT2D eigenvalue weighted by atomic mass is 10.1. The number of carbonyl (C=O) groups excluding carboxylic acids is 1. The molecule has 1 atom stereocenters. The number of imidazole rings is 1. The summed E-state index contributed by atoms with van der Waals surface area (Å²) >= 11 is 1.63. The van der Waals surface area contributed by atoms with E-state index in [2.05, 4.69) is 9.55 Å². The number of thiophene rings is 1. The summed E-state index contributed by atoms with van der Waals surface area (Å²) in [5.74, 6) is 1.12. The minimum Gasteiger partial charge on any atom is -0.381 e. The van der Waals surface area contributed by atoms with E-state index in [9.17, 15) is 4.79 Å². The molecule has 1 aliphatic heterocycles. The highest BCUT2D eigenvalue weighted by Crippen LogP contribution is 2.29. The number of nitrogens with zero attached hydrogens (tertiary/aromatic N) is 3. The van der Waals surface area contributed by atoms with Crippen LogP contribution in [-0.4, -0.2) is 40.1 Å². The summed E-state index contributed by atoms with van der Waals surface area (Å²) < 4.78 is 8.06. The van der Waals surface area contributed by atoms with Crippen LogP contribution >= 0.6 is 11.3 Å². The zero-order valence-corrected chi connectivity index (χ0v) is 15.0. The first-order valence-corrected chi connectivity index (χ1v) is 9.73. The third kappa shape index (κ3) is 4.38. The van der Waals surface area contributed by atoms with Gasteiger partial charge in [-0.1, -0.05) is 6.07 Å². The molecule has 1 saturated carbocycles. The van der Waals surface area contributed by atoms with E-state index in [4.69, 9.17) is 4.74 Å². The average Bonchev–Trinajstić information content (AvgIpc) is 3.15. The first-order chi connectivity index (χ1) is 12.3. The van der Waals surface area contributed by atoms with Crippen molar-refractivity contribution in [3.8, 4) is 0 Å². The highest BCUT2D eigenvalue weighted by Gasteiger charge is 2.26. The van der Waals surface area contributed by atoms with Gasteiger partial charge in [0.25, 0.3) is 0 Å². The fraction of sp³-hybridized carbons (Fsp3) is 0.474. The lowest BCUT2D eigenvalue weighted by Crippen LogP contribution is -2.34. The smallest absolute Gasteiger partial charge is 0.246 e. The average molecular weight is 357 g/mol. The van der Waals surface area contributed by atoms with Crippen molar-refractivity contribution in [2.75, 3.05) is 19.8 Å². The first-order valence-electron chi connectivity index (χ1n) is 8.85. The second-order valence-electron chi connectivity index (χ2n) is 6.95. The molecule has 25 heavy (non-hydrogen) atoms. The lowest BCUT2D eigenvalue weighted by molar-refractivity contribution is -0.127. The molecule has 3 heterocycles. The second-order valence-corrected chi connectivity index (χ2v) is 7.93. The van der Waals surface area contributed by atoms with Crippen LogP contribution in [0.4, 0.5) is 0 Å². The molecule has 2 aromatic heterocycles. The largest absolute Gasteiger partial charge is 0.381 e. The number of hydrogen-bond acceptors (Lipinski definition) is 4. The maximum atomic E-state index is 12.7. The molecule has 1 unspecified atom stereocenters. The second kappa shape index (κ2) is 7.54. The zero-order chi connectivity index (χ0) is 17.1. The summed E-state index contributed by atoms with van der Waals surface area (Å²) in [7, 11) is 0. The minimum atomic E-state index is 0.0512. The zero-order valence-electron chi connectivity index (χ0n) is 14.2. The Morgan fingerprint density at radius 3 is 3.00 bits per heavy atom. The van der Waals surface area contributed by atoms with Gasteiger partial charge < -0.3 is 14.2 Å². The molecule has 0 N–H and O–H groups in total. The highest BCUT2D eigenvalue weighted by molar-refractivity contribution is 7.10. The summed E-state index contributed by atoms with van der Waals surface area (Å²) in [5, 5.41) is 2.02. The van der Waals surface area contributed by atoms with Crippen molar-refractivity contribution in [2.45, 2.75) is 25.9 Å². The monoisotopic (exact) mass is 357 g/mol. The Kier molecular flexibility index (Phi) is 4.99. The van der Waals surface area contributed by atoms with Gasteiger partial charge in [0.2, 0.25) is 5.91 Å². The molecule has 2 aliphatic rings. The number of fused-ring (bicyclic) bond motifs is 1. The fourth-order valence-electron chi connectivity index (χ4n) is 3.16. The molecule has 0 bridgehead atoms.